The highest BCUT2D eigenvalue weighted by molar-refractivity contribution is 14.1. The molecule has 24 heavy (non-hydrogen) atoms. The van der Waals surface area contributed by atoms with Crippen molar-refractivity contribution < 1.29 is 9.53 Å². The second-order valence-electron chi connectivity index (χ2n) is 5.46. The first-order valence-electron chi connectivity index (χ1n) is 7.69. The summed E-state index contributed by atoms with van der Waals surface area (Å²) >= 11 is 2.25. The molecule has 0 fully saturated rings. The molecule has 2 heterocycles. The standard InChI is InChI=1S/C18H18IN3O2/c1-4-24-15-6-5-9-22-16(12(3)20-17(15)22)18(23)21-14-8-7-13(19)10-11(14)2/h5-10H,4H2,1-3H3,(H,21,23). The monoisotopic (exact) mass is 435 g/mol. The first kappa shape index (κ1) is 16.8. The van der Waals surface area contributed by atoms with Crippen LogP contribution in [0.2, 0.25) is 0 Å². The number of rotatable bonds is 4. The first-order valence-corrected chi connectivity index (χ1v) is 8.77. The van der Waals surface area contributed by atoms with E-state index in [0.717, 1.165) is 14.8 Å². The highest BCUT2D eigenvalue weighted by Crippen LogP contribution is 2.24. The van der Waals surface area contributed by atoms with Gasteiger partial charge in [0.25, 0.3) is 5.91 Å². The van der Waals surface area contributed by atoms with Crippen LogP contribution in [0.4, 0.5) is 5.69 Å². The van der Waals surface area contributed by atoms with Crippen LogP contribution in [-0.4, -0.2) is 21.9 Å². The number of ether oxygens (including phenoxy) is 1. The van der Waals surface area contributed by atoms with Gasteiger partial charge < -0.3 is 10.1 Å². The molecule has 3 aromatic rings. The van der Waals surface area contributed by atoms with Crippen molar-refractivity contribution >= 4 is 39.8 Å². The zero-order chi connectivity index (χ0) is 17.3. The number of hydrogen-bond donors (Lipinski definition) is 1. The number of amides is 1. The topological polar surface area (TPSA) is 55.6 Å². The molecule has 0 unspecified atom stereocenters. The molecular formula is C18H18IN3O2. The fourth-order valence-electron chi connectivity index (χ4n) is 2.65. The molecule has 2 aromatic heterocycles. The number of benzene rings is 1. The maximum absolute atomic E-state index is 12.8. The van der Waals surface area contributed by atoms with Crippen LogP contribution in [0.25, 0.3) is 5.65 Å². The summed E-state index contributed by atoms with van der Waals surface area (Å²) in [7, 11) is 0. The molecule has 0 spiro atoms. The molecule has 0 saturated carbocycles. The van der Waals surface area contributed by atoms with Gasteiger partial charge in [-0.05, 0) is 79.3 Å². The molecule has 1 N–H and O–H groups in total. The Labute approximate surface area is 154 Å². The average Bonchev–Trinajstić information content (AvgIpc) is 2.87. The van der Waals surface area contributed by atoms with E-state index in [4.69, 9.17) is 4.74 Å². The minimum absolute atomic E-state index is 0.182. The van der Waals surface area contributed by atoms with Gasteiger partial charge in [-0.15, -0.1) is 0 Å². The number of aromatic nitrogens is 2. The summed E-state index contributed by atoms with van der Waals surface area (Å²) in [4.78, 5) is 17.3. The van der Waals surface area contributed by atoms with Crippen LogP contribution < -0.4 is 10.1 Å². The van der Waals surface area contributed by atoms with Crippen LogP contribution in [0.5, 0.6) is 5.75 Å². The zero-order valence-electron chi connectivity index (χ0n) is 13.8. The van der Waals surface area contributed by atoms with Gasteiger partial charge in [0.2, 0.25) is 0 Å². The number of carbonyl (C=O) groups is 1. The first-order chi connectivity index (χ1) is 11.5. The minimum Gasteiger partial charge on any atom is -0.490 e. The summed E-state index contributed by atoms with van der Waals surface area (Å²) in [5.41, 5.74) is 3.67. The van der Waals surface area contributed by atoms with E-state index in [0.29, 0.717) is 29.4 Å². The maximum Gasteiger partial charge on any atom is 0.274 e. The SMILES string of the molecule is CCOc1cccn2c(C(=O)Nc3ccc(I)cc3C)c(C)nc12. The van der Waals surface area contributed by atoms with Crippen molar-refractivity contribution in [3.63, 3.8) is 0 Å². The summed E-state index contributed by atoms with van der Waals surface area (Å²) in [6.07, 6.45) is 1.83. The third-order valence-corrected chi connectivity index (χ3v) is 4.41. The Morgan fingerprint density at radius 1 is 1.33 bits per heavy atom. The van der Waals surface area contributed by atoms with E-state index < -0.39 is 0 Å². The van der Waals surface area contributed by atoms with Gasteiger partial charge in [-0.2, -0.15) is 0 Å². The molecule has 6 heteroatoms. The molecule has 3 rings (SSSR count). The summed E-state index contributed by atoms with van der Waals surface area (Å²) in [5, 5.41) is 2.98. The Kier molecular flexibility index (Phi) is 4.75. The van der Waals surface area contributed by atoms with E-state index in [1.165, 1.54) is 0 Å². The van der Waals surface area contributed by atoms with Crippen molar-refractivity contribution in [2.75, 3.05) is 11.9 Å². The molecule has 1 aromatic carbocycles. The Morgan fingerprint density at radius 3 is 2.83 bits per heavy atom. The van der Waals surface area contributed by atoms with Crippen molar-refractivity contribution in [3.05, 3.63) is 57.1 Å². The lowest BCUT2D eigenvalue weighted by molar-refractivity contribution is 0.102. The van der Waals surface area contributed by atoms with Crippen LogP contribution in [0.1, 0.15) is 28.7 Å². The minimum atomic E-state index is -0.182. The number of carbonyl (C=O) groups excluding carboxylic acids is 1. The van der Waals surface area contributed by atoms with Crippen LogP contribution in [-0.2, 0) is 0 Å². The number of aryl methyl sites for hydroxylation is 2. The summed E-state index contributed by atoms with van der Waals surface area (Å²) in [6, 6.07) is 9.63. The molecule has 5 nitrogen and oxygen atoms in total. The normalized spacial score (nSPS) is 10.8. The van der Waals surface area contributed by atoms with Crippen LogP contribution in [0.15, 0.2) is 36.5 Å². The third kappa shape index (κ3) is 3.10. The van der Waals surface area contributed by atoms with Crippen LogP contribution >= 0.6 is 22.6 Å². The van der Waals surface area contributed by atoms with Crippen LogP contribution in [0.3, 0.4) is 0 Å². The van der Waals surface area contributed by atoms with Crippen molar-refractivity contribution in [1.29, 1.82) is 0 Å². The lowest BCUT2D eigenvalue weighted by Crippen LogP contribution is -2.16. The van der Waals surface area contributed by atoms with Gasteiger partial charge in [0.15, 0.2) is 11.4 Å². The third-order valence-electron chi connectivity index (χ3n) is 3.74. The fourth-order valence-corrected chi connectivity index (χ4v) is 3.29. The second kappa shape index (κ2) is 6.80. The van der Waals surface area contributed by atoms with E-state index >= 15 is 0 Å². The van der Waals surface area contributed by atoms with E-state index in [2.05, 4.69) is 32.9 Å². The van der Waals surface area contributed by atoms with Crippen molar-refractivity contribution in [2.24, 2.45) is 0 Å². The number of hydrogen-bond acceptors (Lipinski definition) is 3. The predicted octanol–water partition coefficient (Wildman–Crippen LogP) is 4.21. The Morgan fingerprint density at radius 2 is 2.12 bits per heavy atom. The van der Waals surface area contributed by atoms with Crippen LogP contribution in [0, 0.1) is 17.4 Å². The van der Waals surface area contributed by atoms with Gasteiger partial charge in [-0.25, -0.2) is 4.98 Å². The Bertz CT molecular complexity index is 918. The largest absolute Gasteiger partial charge is 0.490 e. The van der Waals surface area contributed by atoms with Crippen molar-refractivity contribution in [1.82, 2.24) is 9.38 Å². The van der Waals surface area contributed by atoms with Gasteiger partial charge >= 0.3 is 0 Å². The van der Waals surface area contributed by atoms with E-state index in [1.54, 1.807) is 4.40 Å². The molecule has 0 aliphatic carbocycles. The molecule has 0 atom stereocenters. The number of nitrogens with one attached hydrogen (secondary N) is 1. The van der Waals surface area contributed by atoms with Gasteiger partial charge in [0.1, 0.15) is 5.69 Å². The van der Waals surface area contributed by atoms with E-state index in [1.807, 2.05) is 57.3 Å². The Hall–Kier alpha value is -2.09. The van der Waals surface area contributed by atoms with Gasteiger partial charge in [0.05, 0.1) is 12.3 Å². The highest BCUT2D eigenvalue weighted by atomic mass is 127. The number of fused-ring (bicyclic) bond motifs is 1. The smallest absolute Gasteiger partial charge is 0.274 e. The van der Waals surface area contributed by atoms with E-state index in [-0.39, 0.29) is 5.91 Å². The van der Waals surface area contributed by atoms with Gasteiger partial charge in [-0.3, -0.25) is 9.20 Å². The lowest BCUT2D eigenvalue weighted by atomic mass is 10.2. The molecule has 1 amide bonds. The Balaban J connectivity index is 2.01. The molecular weight excluding hydrogens is 417 g/mol. The van der Waals surface area contributed by atoms with Crippen molar-refractivity contribution in [3.8, 4) is 5.75 Å². The number of nitrogens with zero attached hydrogens (tertiary/aromatic N) is 2. The number of halogens is 1. The summed E-state index contributed by atoms with van der Waals surface area (Å²) in [5.74, 6) is 0.491. The maximum atomic E-state index is 12.8. The molecule has 0 bridgehead atoms. The molecule has 0 saturated heterocycles. The molecule has 124 valence electrons. The molecule has 0 aliphatic rings. The van der Waals surface area contributed by atoms with Crippen molar-refractivity contribution in [2.45, 2.75) is 20.8 Å². The quantitative estimate of drug-likeness (QED) is 0.625. The number of anilines is 1. The highest BCUT2D eigenvalue weighted by Gasteiger charge is 2.19. The molecule has 0 aliphatic heterocycles. The zero-order valence-corrected chi connectivity index (χ0v) is 15.9. The van der Waals surface area contributed by atoms with E-state index in [9.17, 15) is 4.79 Å². The summed E-state index contributed by atoms with van der Waals surface area (Å²) in [6.45, 7) is 6.28. The van der Waals surface area contributed by atoms with Gasteiger partial charge in [-0.1, -0.05) is 0 Å². The molecule has 0 radical (unpaired) electrons. The number of pyridine rings is 1. The summed E-state index contributed by atoms with van der Waals surface area (Å²) < 4.78 is 8.51. The second-order valence-corrected chi connectivity index (χ2v) is 6.70. The fraction of sp³-hybridized carbons (Fsp3) is 0.222. The lowest BCUT2D eigenvalue weighted by Gasteiger charge is -2.10. The predicted molar refractivity (Wildman–Crippen MR) is 103 cm³/mol. The van der Waals surface area contributed by atoms with Gasteiger partial charge in [0, 0.05) is 15.5 Å². The number of imidazole rings is 1. The average molecular weight is 435 g/mol.